The molecule has 0 bridgehead atoms. The molecule has 1 N–H and O–H groups in total. The number of amides is 2. The van der Waals surface area contributed by atoms with Crippen LogP contribution in [-0.4, -0.2) is 60.0 Å². The van der Waals surface area contributed by atoms with E-state index in [1.54, 1.807) is 12.0 Å². The van der Waals surface area contributed by atoms with Gasteiger partial charge in [0, 0.05) is 52.2 Å². The van der Waals surface area contributed by atoms with Gasteiger partial charge in [-0.3, -0.25) is 14.6 Å². The Balaban J connectivity index is 2.48. The topological polar surface area (TPSA) is 84.4 Å². The molecule has 0 radical (unpaired) electrons. The number of ether oxygens (including phenoxy) is 1. The summed E-state index contributed by atoms with van der Waals surface area (Å²) in [6, 6.07) is 0. The standard InChI is InChI=1S/C16H26N4O3/c1-3-4-10-20(16(22)14-13-17-8-9-18-14)11-6-15(21)19-7-5-12-23-2/h8-9,13H,3-7,10-12H2,1-2H3,(H,19,21). The average Bonchev–Trinajstić information content (AvgIpc) is 2.59. The maximum atomic E-state index is 12.4. The van der Waals surface area contributed by atoms with Gasteiger partial charge in [-0.2, -0.15) is 0 Å². The van der Waals surface area contributed by atoms with E-state index in [1.807, 2.05) is 0 Å². The van der Waals surface area contributed by atoms with E-state index in [0.717, 1.165) is 19.3 Å². The molecule has 0 saturated heterocycles. The van der Waals surface area contributed by atoms with Gasteiger partial charge in [-0.15, -0.1) is 0 Å². The minimum atomic E-state index is -0.182. The molecule has 0 aliphatic heterocycles. The highest BCUT2D eigenvalue weighted by Crippen LogP contribution is 2.04. The SMILES string of the molecule is CCCCN(CCC(=O)NCCCOC)C(=O)c1cnccn1. The second-order valence-corrected chi connectivity index (χ2v) is 5.18. The third-order valence-electron chi connectivity index (χ3n) is 3.31. The zero-order valence-electron chi connectivity index (χ0n) is 14.0. The van der Waals surface area contributed by atoms with E-state index in [0.29, 0.717) is 31.9 Å². The molecule has 0 spiro atoms. The molecule has 7 nitrogen and oxygen atoms in total. The van der Waals surface area contributed by atoms with Crippen LogP contribution < -0.4 is 5.32 Å². The lowest BCUT2D eigenvalue weighted by Crippen LogP contribution is -2.36. The average molecular weight is 322 g/mol. The minimum absolute atomic E-state index is 0.0606. The van der Waals surface area contributed by atoms with Crippen LogP contribution in [0.5, 0.6) is 0 Å². The zero-order valence-corrected chi connectivity index (χ0v) is 14.0. The second kappa shape index (κ2) is 11.5. The quantitative estimate of drug-likeness (QED) is 0.620. The van der Waals surface area contributed by atoms with Gasteiger partial charge in [0.15, 0.2) is 0 Å². The first-order chi connectivity index (χ1) is 11.2. The van der Waals surface area contributed by atoms with Gasteiger partial charge < -0.3 is 15.0 Å². The highest BCUT2D eigenvalue weighted by Gasteiger charge is 2.17. The molecule has 0 fully saturated rings. The number of unbranched alkanes of at least 4 members (excludes halogenated alkanes) is 1. The van der Waals surface area contributed by atoms with Crippen molar-refractivity contribution in [2.75, 3.05) is 33.4 Å². The third-order valence-corrected chi connectivity index (χ3v) is 3.31. The summed E-state index contributed by atoms with van der Waals surface area (Å²) in [5, 5.41) is 2.82. The fourth-order valence-corrected chi connectivity index (χ4v) is 2.00. The molecular formula is C16H26N4O3. The van der Waals surface area contributed by atoms with Gasteiger partial charge in [-0.25, -0.2) is 4.98 Å². The Hall–Kier alpha value is -2.02. The van der Waals surface area contributed by atoms with Crippen LogP contribution in [0.3, 0.4) is 0 Å². The largest absolute Gasteiger partial charge is 0.385 e. The number of hydrogen-bond donors (Lipinski definition) is 1. The fraction of sp³-hybridized carbons (Fsp3) is 0.625. The molecule has 0 unspecified atom stereocenters. The van der Waals surface area contributed by atoms with Crippen molar-refractivity contribution in [1.29, 1.82) is 0 Å². The molecule has 1 heterocycles. The van der Waals surface area contributed by atoms with Crippen molar-refractivity contribution < 1.29 is 14.3 Å². The van der Waals surface area contributed by atoms with Gasteiger partial charge in [-0.05, 0) is 12.8 Å². The molecule has 1 aromatic rings. The van der Waals surface area contributed by atoms with Crippen LogP contribution in [-0.2, 0) is 9.53 Å². The van der Waals surface area contributed by atoms with E-state index in [9.17, 15) is 9.59 Å². The summed E-state index contributed by atoms with van der Waals surface area (Å²) in [4.78, 5) is 33.9. The molecule has 0 atom stereocenters. The Morgan fingerprint density at radius 1 is 1.26 bits per heavy atom. The summed E-state index contributed by atoms with van der Waals surface area (Å²) in [5.41, 5.74) is 0.309. The third kappa shape index (κ3) is 7.69. The smallest absolute Gasteiger partial charge is 0.274 e. The van der Waals surface area contributed by atoms with E-state index in [-0.39, 0.29) is 18.2 Å². The first-order valence-electron chi connectivity index (χ1n) is 8.00. The molecule has 128 valence electrons. The number of aromatic nitrogens is 2. The van der Waals surface area contributed by atoms with Crippen LogP contribution in [0.2, 0.25) is 0 Å². The van der Waals surface area contributed by atoms with Crippen molar-refractivity contribution in [3.05, 3.63) is 24.3 Å². The Bertz CT molecular complexity index is 468. The maximum absolute atomic E-state index is 12.4. The molecule has 0 aliphatic carbocycles. The Labute approximate surface area is 137 Å². The molecule has 0 aromatic carbocycles. The number of methoxy groups -OCH3 is 1. The lowest BCUT2D eigenvalue weighted by molar-refractivity contribution is -0.121. The summed E-state index contributed by atoms with van der Waals surface area (Å²) >= 11 is 0. The molecule has 1 aromatic heterocycles. The summed E-state index contributed by atoms with van der Waals surface area (Å²) in [5.74, 6) is -0.242. The van der Waals surface area contributed by atoms with E-state index in [1.165, 1.54) is 18.6 Å². The summed E-state index contributed by atoms with van der Waals surface area (Å²) in [6.45, 7) is 4.26. The summed E-state index contributed by atoms with van der Waals surface area (Å²) in [7, 11) is 1.63. The Morgan fingerprint density at radius 2 is 2.09 bits per heavy atom. The van der Waals surface area contributed by atoms with E-state index >= 15 is 0 Å². The number of nitrogens with one attached hydrogen (secondary N) is 1. The highest BCUT2D eigenvalue weighted by molar-refractivity contribution is 5.92. The van der Waals surface area contributed by atoms with Crippen molar-refractivity contribution in [3.8, 4) is 0 Å². The molecular weight excluding hydrogens is 296 g/mol. The highest BCUT2D eigenvalue weighted by atomic mass is 16.5. The predicted molar refractivity (Wildman–Crippen MR) is 87.0 cm³/mol. The molecule has 0 saturated carbocycles. The van der Waals surface area contributed by atoms with Crippen LogP contribution in [0.4, 0.5) is 0 Å². The van der Waals surface area contributed by atoms with Crippen molar-refractivity contribution in [2.45, 2.75) is 32.6 Å². The van der Waals surface area contributed by atoms with Crippen molar-refractivity contribution in [2.24, 2.45) is 0 Å². The van der Waals surface area contributed by atoms with E-state index < -0.39 is 0 Å². The van der Waals surface area contributed by atoms with Gasteiger partial charge in [-0.1, -0.05) is 13.3 Å². The predicted octanol–water partition coefficient (Wildman–Crippen LogP) is 1.26. The molecule has 7 heteroatoms. The van der Waals surface area contributed by atoms with Crippen LogP contribution >= 0.6 is 0 Å². The second-order valence-electron chi connectivity index (χ2n) is 5.18. The molecule has 1 rings (SSSR count). The lowest BCUT2D eigenvalue weighted by atomic mass is 10.2. The first-order valence-corrected chi connectivity index (χ1v) is 8.00. The van der Waals surface area contributed by atoms with Crippen molar-refractivity contribution in [3.63, 3.8) is 0 Å². The Kier molecular flexibility index (Phi) is 9.54. The van der Waals surface area contributed by atoms with Crippen LogP contribution in [0, 0.1) is 0 Å². The van der Waals surface area contributed by atoms with Crippen LogP contribution in [0.15, 0.2) is 18.6 Å². The van der Waals surface area contributed by atoms with Gasteiger partial charge in [0.2, 0.25) is 5.91 Å². The molecule has 2 amide bonds. The normalized spacial score (nSPS) is 10.3. The monoisotopic (exact) mass is 322 g/mol. The zero-order chi connectivity index (χ0) is 16.9. The summed E-state index contributed by atoms with van der Waals surface area (Å²) in [6.07, 6.45) is 7.40. The summed E-state index contributed by atoms with van der Waals surface area (Å²) < 4.78 is 4.93. The fourth-order valence-electron chi connectivity index (χ4n) is 2.00. The van der Waals surface area contributed by atoms with Crippen LogP contribution in [0.1, 0.15) is 43.1 Å². The van der Waals surface area contributed by atoms with Gasteiger partial charge in [0.25, 0.3) is 5.91 Å². The van der Waals surface area contributed by atoms with E-state index in [4.69, 9.17) is 4.74 Å². The maximum Gasteiger partial charge on any atom is 0.274 e. The molecule has 23 heavy (non-hydrogen) atoms. The number of carbonyl (C=O) groups excluding carboxylic acids is 2. The van der Waals surface area contributed by atoms with Gasteiger partial charge >= 0.3 is 0 Å². The van der Waals surface area contributed by atoms with Crippen molar-refractivity contribution >= 4 is 11.8 Å². The van der Waals surface area contributed by atoms with E-state index in [2.05, 4.69) is 22.2 Å². The number of nitrogens with zero attached hydrogens (tertiary/aromatic N) is 3. The number of carbonyl (C=O) groups is 2. The Morgan fingerprint density at radius 3 is 2.74 bits per heavy atom. The molecule has 0 aliphatic rings. The minimum Gasteiger partial charge on any atom is -0.385 e. The van der Waals surface area contributed by atoms with Crippen LogP contribution in [0.25, 0.3) is 0 Å². The number of hydrogen-bond acceptors (Lipinski definition) is 5. The lowest BCUT2D eigenvalue weighted by Gasteiger charge is -2.21. The number of rotatable bonds is 11. The van der Waals surface area contributed by atoms with Crippen molar-refractivity contribution in [1.82, 2.24) is 20.2 Å². The first kappa shape index (κ1) is 19.0. The van der Waals surface area contributed by atoms with Gasteiger partial charge in [0.1, 0.15) is 5.69 Å². The van der Waals surface area contributed by atoms with Gasteiger partial charge in [0.05, 0.1) is 6.20 Å².